The highest BCUT2D eigenvalue weighted by Crippen LogP contribution is 2.34. The first-order valence-electron chi connectivity index (χ1n) is 9.46. The third-order valence-electron chi connectivity index (χ3n) is 4.59. The van der Waals surface area contributed by atoms with Crippen molar-refractivity contribution in [3.63, 3.8) is 0 Å². The average molecular weight is 613 g/mol. The maximum absolute atomic E-state index is 12.4. The molecule has 0 aromatic heterocycles. The predicted molar refractivity (Wildman–Crippen MR) is 133 cm³/mol. The first kappa shape index (κ1) is 23.8. The lowest BCUT2D eigenvalue weighted by atomic mass is 9.86. The van der Waals surface area contributed by atoms with Gasteiger partial charge in [-0.15, -0.1) is 0 Å². The molecule has 0 aliphatic heterocycles. The highest BCUT2D eigenvalue weighted by atomic mass is 79.9. The third-order valence-corrected chi connectivity index (χ3v) is 6.56. The van der Waals surface area contributed by atoms with Gasteiger partial charge in [0.15, 0.2) is 6.61 Å². The van der Waals surface area contributed by atoms with E-state index in [1.54, 1.807) is 18.2 Å². The van der Waals surface area contributed by atoms with Crippen LogP contribution >= 0.6 is 47.8 Å². The maximum Gasteiger partial charge on any atom is 0.276 e. The molecule has 0 bridgehead atoms. The number of benzene rings is 3. The van der Waals surface area contributed by atoms with Crippen LogP contribution in [-0.2, 0) is 10.2 Å². The summed E-state index contributed by atoms with van der Waals surface area (Å²) in [7, 11) is 0. The van der Waals surface area contributed by atoms with Crippen molar-refractivity contribution in [1.82, 2.24) is 10.9 Å². The second-order valence-electron chi connectivity index (χ2n) is 7.98. The standard InChI is InChI=1S/C23H21Br3N2O3/c1-23(2,3)17-8-4-14(11-18(17)25)22(30)28-27-20(29)12-31-19-9-5-13-10-15(24)6-7-16(13)21(19)26/h4-11H,12H2,1-3H3,(H,27,29)(H,28,30). The van der Waals surface area contributed by atoms with Crippen LogP contribution in [0, 0.1) is 0 Å². The Bertz CT molecular complexity index is 1160. The van der Waals surface area contributed by atoms with Crippen LogP contribution in [0.3, 0.4) is 0 Å². The largest absolute Gasteiger partial charge is 0.483 e. The number of rotatable bonds is 4. The molecule has 2 amide bonds. The molecule has 0 aliphatic rings. The molecule has 2 N–H and O–H groups in total. The molecule has 3 aromatic carbocycles. The van der Waals surface area contributed by atoms with Gasteiger partial charge in [0, 0.05) is 14.5 Å². The molecule has 0 saturated carbocycles. The molecular formula is C23H21Br3N2O3. The lowest BCUT2D eigenvalue weighted by Gasteiger charge is -2.21. The summed E-state index contributed by atoms with van der Waals surface area (Å²) in [6.45, 7) is 6.05. The first-order valence-corrected chi connectivity index (χ1v) is 11.8. The lowest BCUT2D eigenvalue weighted by molar-refractivity contribution is -0.123. The molecule has 5 nitrogen and oxygen atoms in total. The number of fused-ring (bicyclic) bond motifs is 1. The number of nitrogens with one attached hydrogen (secondary N) is 2. The molecule has 0 heterocycles. The zero-order valence-corrected chi connectivity index (χ0v) is 21.9. The highest BCUT2D eigenvalue weighted by molar-refractivity contribution is 9.11. The Morgan fingerprint density at radius 1 is 0.935 bits per heavy atom. The number of carbonyl (C=O) groups excluding carboxylic acids is 2. The number of hydrazine groups is 1. The fourth-order valence-corrected chi connectivity index (χ4v) is 4.96. The van der Waals surface area contributed by atoms with E-state index < -0.39 is 11.8 Å². The molecule has 0 aliphatic carbocycles. The van der Waals surface area contributed by atoms with E-state index in [0.29, 0.717) is 11.3 Å². The number of halogens is 3. The van der Waals surface area contributed by atoms with Crippen LogP contribution in [-0.4, -0.2) is 18.4 Å². The van der Waals surface area contributed by atoms with Crippen molar-refractivity contribution in [2.75, 3.05) is 6.61 Å². The molecule has 0 radical (unpaired) electrons. The SMILES string of the molecule is CC(C)(C)c1ccc(C(=O)NNC(=O)COc2ccc3cc(Br)ccc3c2Br)cc1Br. The van der Waals surface area contributed by atoms with E-state index in [1.165, 1.54) is 0 Å². The minimum absolute atomic E-state index is 0.0487. The van der Waals surface area contributed by atoms with Crippen molar-refractivity contribution in [1.29, 1.82) is 0 Å². The van der Waals surface area contributed by atoms with Crippen LogP contribution in [0.15, 0.2) is 61.9 Å². The Morgan fingerprint density at radius 3 is 2.35 bits per heavy atom. The fourth-order valence-electron chi connectivity index (χ4n) is 3.00. The number of hydrogen-bond donors (Lipinski definition) is 2. The van der Waals surface area contributed by atoms with Crippen molar-refractivity contribution >= 4 is 70.4 Å². The van der Waals surface area contributed by atoms with Gasteiger partial charge in [-0.05, 0) is 68.0 Å². The number of amides is 2. The van der Waals surface area contributed by atoms with E-state index >= 15 is 0 Å². The second-order valence-corrected chi connectivity index (χ2v) is 10.5. The quantitative estimate of drug-likeness (QED) is 0.342. The summed E-state index contributed by atoms with van der Waals surface area (Å²) < 4.78 is 8.21. The van der Waals surface area contributed by atoms with Gasteiger partial charge in [0.2, 0.25) is 0 Å². The Morgan fingerprint density at radius 2 is 1.68 bits per heavy atom. The van der Waals surface area contributed by atoms with Crippen molar-refractivity contribution in [3.05, 3.63) is 73.1 Å². The van der Waals surface area contributed by atoms with Crippen LogP contribution in [0.1, 0.15) is 36.7 Å². The Balaban J connectivity index is 1.58. The van der Waals surface area contributed by atoms with Crippen LogP contribution in [0.4, 0.5) is 0 Å². The second kappa shape index (κ2) is 9.71. The first-order chi connectivity index (χ1) is 14.6. The smallest absolute Gasteiger partial charge is 0.276 e. The molecule has 3 rings (SSSR count). The average Bonchev–Trinajstić information content (AvgIpc) is 2.70. The maximum atomic E-state index is 12.4. The predicted octanol–water partition coefficient (Wildman–Crippen LogP) is 6.26. The summed E-state index contributed by atoms with van der Waals surface area (Å²) in [5.74, 6) is -0.341. The molecule has 0 saturated heterocycles. The van der Waals surface area contributed by atoms with Crippen molar-refractivity contribution in [2.45, 2.75) is 26.2 Å². The Kier molecular flexibility index (Phi) is 7.44. The van der Waals surface area contributed by atoms with E-state index in [1.807, 2.05) is 30.3 Å². The molecule has 31 heavy (non-hydrogen) atoms. The number of carbonyl (C=O) groups is 2. The van der Waals surface area contributed by atoms with Crippen LogP contribution in [0.2, 0.25) is 0 Å². The summed E-state index contributed by atoms with van der Waals surface area (Å²) >= 11 is 10.5. The number of ether oxygens (including phenoxy) is 1. The monoisotopic (exact) mass is 610 g/mol. The molecule has 3 aromatic rings. The van der Waals surface area contributed by atoms with Gasteiger partial charge in [-0.2, -0.15) is 0 Å². The van der Waals surface area contributed by atoms with Crippen LogP contribution in [0.25, 0.3) is 10.8 Å². The Labute approximate surface area is 206 Å². The van der Waals surface area contributed by atoms with Gasteiger partial charge in [0.1, 0.15) is 5.75 Å². The van der Waals surface area contributed by atoms with Crippen molar-refractivity contribution in [3.8, 4) is 5.75 Å². The van der Waals surface area contributed by atoms with Gasteiger partial charge in [-0.25, -0.2) is 0 Å². The third kappa shape index (κ3) is 5.87. The molecule has 8 heteroatoms. The number of hydrogen-bond acceptors (Lipinski definition) is 3. The molecular weight excluding hydrogens is 592 g/mol. The van der Waals surface area contributed by atoms with Crippen LogP contribution in [0.5, 0.6) is 5.75 Å². The zero-order valence-electron chi connectivity index (χ0n) is 17.2. The minimum atomic E-state index is -0.471. The summed E-state index contributed by atoms with van der Waals surface area (Å²) in [6.07, 6.45) is 0. The van der Waals surface area contributed by atoms with Gasteiger partial charge in [-0.3, -0.25) is 20.4 Å². The van der Waals surface area contributed by atoms with E-state index in [0.717, 1.165) is 29.8 Å². The van der Waals surface area contributed by atoms with Crippen LogP contribution < -0.4 is 15.6 Å². The summed E-state index contributed by atoms with van der Waals surface area (Å²) in [5, 5.41) is 2.01. The lowest BCUT2D eigenvalue weighted by Crippen LogP contribution is -2.43. The Hall–Kier alpha value is -1.90. The molecule has 0 atom stereocenters. The van der Waals surface area contributed by atoms with E-state index in [9.17, 15) is 9.59 Å². The highest BCUT2D eigenvalue weighted by Gasteiger charge is 2.18. The van der Waals surface area contributed by atoms with E-state index in [-0.39, 0.29) is 12.0 Å². The van der Waals surface area contributed by atoms with E-state index in [2.05, 4.69) is 79.4 Å². The summed E-state index contributed by atoms with van der Waals surface area (Å²) in [4.78, 5) is 24.5. The molecule has 162 valence electrons. The zero-order chi connectivity index (χ0) is 22.8. The normalized spacial score (nSPS) is 11.3. The van der Waals surface area contributed by atoms with Gasteiger partial charge < -0.3 is 4.74 Å². The fraction of sp³-hybridized carbons (Fsp3) is 0.217. The van der Waals surface area contributed by atoms with Gasteiger partial charge >= 0.3 is 0 Å². The molecule has 0 fully saturated rings. The molecule has 0 unspecified atom stereocenters. The van der Waals surface area contributed by atoms with Crippen molar-refractivity contribution in [2.24, 2.45) is 0 Å². The summed E-state index contributed by atoms with van der Waals surface area (Å²) in [5.41, 5.74) is 6.27. The minimum Gasteiger partial charge on any atom is -0.483 e. The van der Waals surface area contributed by atoms with Gasteiger partial charge in [0.25, 0.3) is 11.8 Å². The van der Waals surface area contributed by atoms with Crippen molar-refractivity contribution < 1.29 is 14.3 Å². The van der Waals surface area contributed by atoms with Gasteiger partial charge in [0.05, 0.1) is 4.47 Å². The van der Waals surface area contributed by atoms with E-state index in [4.69, 9.17) is 4.74 Å². The topological polar surface area (TPSA) is 67.4 Å². The molecule has 0 spiro atoms. The van der Waals surface area contributed by atoms with Gasteiger partial charge in [-0.1, -0.05) is 70.8 Å². The summed E-state index contributed by atoms with van der Waals surface area (Å²) in [6, 6.07) is 15.0.